The predicted octanol–water partition coefficient (Wildman–Crippen LogP) is 3.39. The monoisotopic (exact) mass is 386 g/mol. The highest BCUT2D eigenvalue weighted by Crippen LogP contribution is 2.39. The van der Waals surface area contributed by atoms with Gasteiger partial charge in [-0.1, -0.05) is 6.07 Å². The van der Waals surface area contributed by atoms with Gasteiger partial charge in [0.15, 0.2) is 5.11 Å². The van der Waals surface area contributed by atoms with Crippen LogP contribution in [-0.4, -0.2) is 39.2 Å². The Morgan fingerprint density at radius 1 is 1.37 bits per heavy atom. The molecule has 0 amide bonds. The number of methoxy groups -OCH3 is 1. The minimum Gasteiger partial charge on any atom is -0.469 e. The van der Waals surface area contributed by atoms with Crippen LogP contribution in [-0.2, 0) is 9.53 Å². The third-order valence-electron chi connectivity index (χ3n) is 4.88. The number of rotatable bonds is 7. The van der Waals surface area contributed by atoms with Crippen molar-refractivity contribution in [1.29, 1.82) is 0 Å². The van der Waals surface area contributed by atoms with Gasteiger partial charge in [0.25, 0.3) is 0 Å². The smallest absolute Gasteiger partial charge is 0.305 e. The molecule has 6 nitrogen and oxygen atoms in total. The van der Waals surface area contributed by atoms with Crippen LogP contribution in [0.4, 0.5) is 0 Å². The number of esters is 1. The van der Waals surface area contributed by atoms with E-state index in [9.17, 15) is 4.79 Å². The van der Waals surface area contributed by atoms with E-state index in [1.807, 2.05) is 18.2 Å². The summed E-state index contributed by atoms with van der Waals surface area (Å²) in [6, 6.07) is 8.46. The number of carbonyl (C=O) groups excluding carboxylic acids is 1. The van der Waals surface area contributed by atoms with E-state index in [0.717, 1.165) is 5.69 Å². The van der Waals surface area contributed by atoms with Crippen molar-refractivity contribution in [3.63, 3.8) is 0 Å². The quantitative estimate of drug-likeness (QED) is 0.581. The first-order valence-corrected chi connectivity index (χ1v) is 9.64. The fourth-order valence-corrected chi connectivity index (χ4v) is 3.76. The zero-order chi connectivity index (χ0) is 19.4. The van der Waals surface area contributed by atoms with Crippen LogP contribution in [0.1, 0.15) is 56.1 Å². The lowest BCUT2D eigenvalue weighted by Gasteiger charge is -2.27. The molecule has 3 rings (SSSR count). The Hall–Kier alpha value is -2.41. The Morgan fingerprint density at radius 3 is 2.81 bits per heavy atom. The van der Waals surface area contributed by atoms with Crippen molar-refractivity contribution in [1.82, 2.24) is 19.8 Å². The first-order valence-electron chi connectivity index (χ1n) is 9.23. The van der Waals surface area contributed by atoms with Gasteiger partial charge >= 0.3 is 5.97 Å². The molecule has 1 N–H and O–H groups in total. The fraction of sp³-hybridized carbons (Fsp3) is 0.450. The lowest BCUT2D eigenvalue weighted by molar-refractivity contribution is -0.140. The summed E-state index contributed by atoms with van der Waals surface area (Å²) in [5, 5.41) is 4.12. The van der Waals surface area contributed by atoms with E-state index in [1.54, 1.807) is 6.20 Å². The van der Waals surface area contributed by atoms with Crippen molar-refractivity contribution in [2.24, 2.45) is 0 Å². The molecule has 0 unspecified atom stereocenters. The molecule has 27 heavy (non-hydrogen) atoms. The summed E-state index contributed by atoms with van der Waals surface area (Å²) >= 11 is 5.62. The van der Waals surface area contributed by atoms with Crippen LogP contribution in [0.3, 0.4) is 0 Å². The number of hydrogen-bond donors (Lipinski definition) is 1. The van der Waals surface area contributed by atoms with Crippen LogP contribution >= 0.6 is 12.2 Å². The maximum absolute atomic E-state index is 11.5. The number of ether oxygens (including phenoxy) is 1. The molecule has 0 bridgehead atoms. The molecule has 1 saturated heterocycles. The first-order chi connectivity index (χ1) is 13.0. The van der Waals surface area contributed by atoms with Crippen molar-refractivity contribution >= 4 is 23.3 Å². The van der Waals surface area contributed by atoms with Gasteiger partial charge in [-0.05, 0) is 56.2 Å². The van der Waals surface area contributed by atoms with E-state index in [4.69, 9.17) is 17.0 Å². The second-order valence-corrected chi connectivity index (χ2v) is 7.37. The Labute approximate surface area is 165 Å². The minimum absolute atomic E-state index is 0.0279. The molecule has 0 aromatic carbocycles. The highest BCUT2D eigenvalue weighted by atomic mass is 32.1. The molecular formula is C20H26N4O2S. The second kappa shape index (κ2) is 8.52. The van der Waals surface area contributed by atoms with Gasteiger partial charge < -0.3 is 19.5 Å². The van der Waals surface area contributed by atoms with E-state index in [-0.39, 0.29) is 18.1 Å². The van der Waals surface area contributed by atoms with Crippen LogP contribution < -0.4 is 5.32 Å². The molecule has 144 valence electrons. The van der Waals surface area contributed by atoms with Crippen LogP contribution in [0.25, 0.3) is 0 Å². The first kappa shape index (κ1) is 19.4. The standard InChI is InChI=1S/C20H26N4O2S/c1-14(2)23-12-9-15(13-23)19-18(16-7-4-5-10-21-16)22-20(27)24(19)11-6-8-17(25)26-3/h4-5,7,9-10,12-14,18-19H,6,8,11H2,1-3H3,(H,22,27)/t18-,19+/m1/s1. The highest BCUT2D eigenvalue weighted by molar-refractivity contribution is 7.80. The number of nitrogens with zero attached hydrogens (tertiary/aromatic N) is 3. The van der Waals surface area contributed by atoms with Gasteiger partial charge in [0.2, 0.25) is 0 Å². The molecule has 7 heteroatoms. The van der Waals surface area contributed by atoms with E-state index >= 15 is 0 Å². The fourth-order valence-electron chi connectivity index (χ4n) is 3.43. The zero-order valence-electron chi connectivity index (χ0n) is 16.0. The third kappa shape index (κ3) is 4.30. The summed E-state index contributed by atoms with van der Waals surface area (Å²) in [7, 11) is 1.42. The lowest BCUT2D eigenvalue weighted by atomic mass is 9.99. The molecule has 0 radical (unpaired) electrons. The van der Waals surface area contributed by atoms with Gasteiger partial charge in [-0.15, -0.1) is 0 Å². The van der Waals surface area contributed by atoms with Crippen LogP contribution in [0, 0.1) is 0 Å². The molecule has 2 aromatic heterocycles. The summed E-state index contributed by atoms with van der Waals surface area (Å²) in [6.45, 7) is 5.00. The molecule has 1 aliphatic heterocycles. The van der Waals surface area contributed by atoms with Crippen molar-refractivity contribution in [3.05, 3.63) is 54.1 Å². The van der Waals surface area contributed by atoms with Gasteiger partial charge in [0, 0.05) is 37.6 Å². The number of hydrogen-bond acceptors (Lipinski definition) is 4. The molecule has 1 aliphatic rings. The Balaban J connectivity index is 1.88. The Kier molecular flexibility index (Phi) is 6.11. The predicted molar refractivity (Wildman–Crippen MR) is 108 cm³/mol. The molecule has 1 fully saturated rings. The number of pyridine rings is 1. The van der Waals surface area contributed by atoms with Crippen LogP contribution in [0.15, 0.2) is 42.9 Å². The van der Waals surface area contributed by atoms with Crippen molar-refractivity contribution < 1.29 is 9.53 Å². The van der Waals surface area contributed by atoms with Gasteiger partial charge in [-0.25, -0.2) is 0 Å². The van der Waals surface area contributed by atoms with E-state index in [2.05, 4.69) is 52.1 Å². The summed E-state index contributed by atoms with van der Waals surface area (Å²) < 4.78 is 6.95. The summed E-state index contributed by atoms with van der Waals surface area (Å²) in [5.74, 6) is -0.197. The molecule has 0 spiro atoms. The van der Waals surface area contributed by atoms with Gasteiger partial charge in [0.1, 0.15) is 0 Å². The molecule has 3 heterocycles. The summed E-state index contributed by atoms with van der Waals surface area (Å²) in [6.07, 6.45) is 7.14. The molecule has 2 atom stereocenters. The lowest BCUT2D eigenvalue weighted by Crippen LogP contribution is -2.30. The topological polar surface area (TPSA) is 59.4 Å². The highest BCUT2D eigenvalue weighted by Gasteiger charge is 2.39. The van der Waals surface area contributed by atoms with Crippen LogP contribution in [0.5, 0.6) is 0 Å². The molecular weight excluding hydrogens is 360 g/mol. The molecule has 0 aliphatic carbocycles. The number of thiocarbonyl (C=S) groups is 1. The molecule has 2 aromatic rings. The summed E-state index contributed by atoms with van der Waals surface area (Å²) in [5.41, 5.74) is 2.14. The number of carbonyl (C=O) groups is 1. The van der Waals surface area contributed by atoms with Gasteiger partial charge in [-0.2, -0.15) is 0 Å². The SMILES string of the molecule is COC(=O)CCCN1C(=S)N[C@H](c2ccccn2)[C@@H]1c1ccn(C(C)C)c1. The maximum atomic E-state index is 11.5. The van der Waals surface area contributed by atoms with Crippen LogP contribution in [0.2, 0.25) is 0 Å². The van der Waals surface area contributed by atoms with E-state index in [1.165, 1.54) is 12.7 Å². The Bertz CT molecular complexity index is 790. The van der Waals surface area contributed by atoms with E-state index in [0.29, 0.717) is 30.5 Å². The number of aromatic nitrogens is 2. The van der Waals surface area contributed by atoms with E-state index < -0.39 is 0 Å². The second-order valence-electron chi connectivity index (χ2n) is 6.99. The minimum atomic E-state index is -0.197. The largest absolute Gasteiger partial charge is 0.469 e. The van der Waals surface area contributed by atoms with Crippen molar-refractivity contribution in [2.75, 3.05) is 13.7 Å². The average Bonchev–Trinajstić information content (AvgIpc) is 3.27. The van der Waals surface area contributed by atoms with Crippen molar-refractivity contribution in [2.45, 2.75) is 44.8 Å². The van der Waals surface area contributed by atoms with Gasteiger partial charge in [0.05, 0.1) is 24.9 Å². The molecule has 0 saturated carbocycles. The Morgan fingerprint density at radius 2 is 2.19 bits per heavy atom. The third-order valence-corrected chi connectivity index (χ3v) is 5.23. The number of nitrogens with one attached hydrogen (secondary N) is 1. The summed E-state index contributed by atoms with van der Waals surface area (Å²) in [4.78, 5) is 18.2. The zero-order valence-corrected chi connectivity index (χ0v) is 16.8. The normalized spacial score (nSPS) is 19.4. The maximum Gasteiger partial charge on any atom is 0.305 e. The van der Waals surface area contributed by atoms with Crippen molar-refractivity contribution in [3.8, 4) is 0 Å². The van der Waals surface area contributed by atoms with Gasteiger partial charge in [-0.3, -0.25) is 9.78 Å². The average molecular weight is 387 g/mol.